The van der Waals surface area contributed by atoms with Gasteiger partial charge in [0.1, 0.15) is 5.69 Å². The highest BCUT2D eigenvalue weighted by Gasteiger charge is 2.24. The van der Waals surface area contributed by atoms with Crippen molar-refractivity contribution in [3.8, 4) is 0 Å². The number of carbonyl (C=O) groups is 1. The van der Waals surface area contributed by atoms with Crippen molar-refractivity contribution in [2.45, 2.75) is 44.8 Å². The maximum atomic E-state index is 12.7. The van der Waals surface area contributed by atoms with Gasteiger partial charge in [-0.2, -0.15) is 5.10 Å². The molecule has 2 atom stereocenters. The predicted octanol–water partition coefficient (Wildman–Crippen LogP) is 0.972. The fraction of sp³-hybridized carbons (Fsp3) is 0.789. The molecule has 0 bridgehead atoms. The van der Waals surface area contributed by atoms with Gasteiger partial charge in [-0.25, -0.2) is 0 Å². The Bertz CT molecular complexity index is 574. The third kappa shape index (κ3) is 5.05. The minimum Gasteiger partial charge on any atom is -0.392 e. The molecule has 3 heterocycles. The van der Waals surface area contributed by atoms with Crippen LogP contribution in [0.25, 0.3) is 0 Å². The number of carbonyl (C=O) groups excluding carboxylic acids is 1. The summed E-state index contributed by atoms with van der Waals surface area (Å²) >= 11 is 0. The maximum Gasteiger partial charge on any atom is 0.274 e. The van der Waals surface area contributed by atoms with E-state index < -0.39 is 0 Å². The Labute approximate surface area is 156 Å². The lowest BCUT2D eigenvalue weighted by Crippen LogP contribution is -2.41. The molecule has 1 amide bonds. The third-order valence-electron chi connectivity index (χ3n) is 5.58. The van der Waals surface area contributed by atoms with E-state index in [2.05, 4.69) is 15.3 Å². The van der Waals surface area contributed by atoms with E-state index in [1.807, 2.05) is 35.8 Å². The number of hydrogen-bond acceptors (Lipinski definition) is 5. The van der Waals surface area contributed by atoms with Gasteiger partial charge in [0, 0.05) is 32.9 Å². The van der Waals surface area contributed by atoms with Crippen LogP contribution in [-0.4, -0.2) is 83.0 Å². The van der Waals surface area contributed by atoms with Gasteiger partial charge in [0.2, 0.25) is 0 Å². The molecular weight excluding hydrogens is 330 g/mol. The molecule has 3 rings (SSSR count). The van der Waals surface area contributed by atoms with Crippen LogP contribution in [0.1, 0.15) is 49.1 Å². The normalized spacial score (nSPS) is 23.7. The SMILES string of the molecule is CC(O)CN1CCC(CN(C)C(=O)c2ccn(C3CCCNC3)n2)CC1. The summed E-state index contributed by atoms with van der Waals surface area (Å²) in [5, 5.41) is 17.4. The fourth-order valence-electron chi connectivity index (χ4n) is 4.11. The van der Waals surface area contributed by atoms with E-state index in [-0.39, 0.29) is 12.0 Å². The molecule has 26 heavy (non-hydrogen) atoms. The van der Waals surface area contributed by atoms with Crippen LogP contribution in [0.2, 0.25) is 0 Å². The molecule has 2 unspecified atom stereocenters. The topological polar surface area (TPSA) is 73.6 Å². The number of aliphatic hydroxyl groups excluding tert-OH is 1. The van der Waals surface area contributed by atoms with E-state index in [1.165, 1.54) is 0 Å². The summed E-state index contributed by atoms with van der Waals surface area (Å²) in [7, 11) is 1.88. The number of β-amino-alcohol motifs (C(OH)–C–C–N with tert-alkyl or cyclic N) is 1. The molecule has 0 aromatic carbocycles. The Morgan fingerprint density at radius 1 is 1.42 bits per heavy atom. The molecular formula is C19H33N5O2. The number of aromatic nitrogens is 2. The molecule has 0 radical (unpaired) electrons. The summed E-state index contributed by atoms with van der Waals surface area (Å²) in [4.78, 5) is 16.8. The van der Waals surface area contributed by atoms with Gasteiger partial charge in [0.25, 0.3) is 5.91 Å². The van der Waals surface area contributed by atoms with E-state index in [1.54, 1.807) is 0 Å². The minimum absolute atomic E-state index is 0.0129. The molecule has 7 heteroatoms. The molecule has 2 aliphatic heterocycles. The van der Waals surface area contributed by atoms with Crippen molar-refractivity contribution in [1.29, 1.82) is 0 Å². The van der Waals surface area contributed by atoms with E-state index in [0.29, 0.717) is 17.7 Å². The van der Waals surface area contributed by atoms with Crippen molar-refractivity contribution in [3.63, 3.8) is 0 Å². The molecule has 7 nitrogen and oxygen atoms in total. The molecule has 0 spiro atoms. The van der Waals surface area contributed by atoms with Gasteiger partial charge in [-0.3, -0.25) is 9.48 Å². The molecule has 1 aromatic rings. The molecule has 2 aliphatic rings. The van der Waals surface area contributed by atoms with E-state index in [4.69, 9.17) is 0 Å². The van der Waals surface area contributed by atoms with Crippen molar-refractivity contribution in [3.05, 3.63) is 18.0 Å². The summed E-state index contributed by atoms with van der Waals surface area (Å²) in [5.41, 5.74) is 0.546. The van der Waals surface area contributed by atoms with Gasteiger partial charge in [-0.1, -0.05) is 0 Å². The van der Waals surface area contributed by atoms with Gasteiger partial charge in [-0.15, -0.1) is 0 Å². The number of amides is 1. The van der Waals surface area contributed by atoms with Crippen molar-refractivity contribution in [2.24, 2.45) is 5.92 Å². The minimum atomic E-state index is -0.273. The number of aliphatic hydroxyl groups is 1. The zero-order valence-electron chi connectivity index (χ0n) is 16.1. The van der Waals surface area contributed by atoms with Gasteiger partial charge in [0.05, 0.1) is 12.1 Å². The van der Waals surface area contributed by atoms with Crippen LogP contribution in [0, 0.1) is 5.92 Å². The summed E-state index contributed by atoms with van der Waals surface area (Å²) in [6.07, 6.45) is 6.09. The van der Waals surface area contributed by atoms with Crippen LogP contribution in [0.3, 0.4) is 0 Å². The molecule has 2 fully saturated rings. The maximum absolute atomic E-state index is 12.7. The average molecular weight is 364 g/mol. The number of piperidine rings is 2. The molecule has 1 aromatic heterocycles. The third-order valence-corrected chi connectivity index (χ3v) is 5.58. The Morgan fingerprint density at radius 2 is 2.19 bits per heavy atom. The van der Waals surface area contributed by atoms with Gasteiger partial charge in [0.15, 0.2) is 0 Å². The van der Waals surface area contributed by atoms with Crippen LogP contribution in [0.4, 0.5) is 0 Å². The second-order valence-corrected chi connectivity index (χ2v) is 7.96. The highest BCUT2D eigenvalue weighted by atomic mass is 16.3. The largest absolute Gasteiger partial charge is 0.392 e. The van der Waals surface area contributed by atoms with Crippen molar-refractivity contribution in [2.75, 3.05) is 46.3 Å². The van der Waals surface area contributed by atoms with Crippen LogP contribution in [-0.2, 0) is 0 Å². The van der Waals surface area contributed by atoms with Crippen LogP contribution in [0.15, 0.2) is 12.3 Å². The van der Waals surface area contributed by atoms with Crippen LogP contribution in [0.5, 0.6) is 0 Å². The zero-order chi connectivity index (χ0) is 18.5. The quantitative estimate of drug-likeness (QED) is 0.788. The van der Waals surface area contributed by atoms with Gasteiger partial charge in [-0.05, 0) is 64.2 Å². The second-order valence-electron chi connectivity index (χ2n) is 7.96. The molecule has 0 saturated carbocycles. The van der Waals surface area contributed by atoms with Crippen LogP contribution >= 0.6 is 0 Å². The number of rotatable bonds is 6. The Hall–Kier alpha value is -1.44. The lowest BCUT2D eigenvalue weighted by molar-refractivity contribution is 0.0696. The van der Waals surface area contributed by atoms with Crippen molar-refractivity contribution < 1.29 is 9.90 Å². The monoisotopic (exact) mass is 363 g/mol. The van der Waals surface area contributed by atoms with Crippen LogP contribution < -0.4 is 5.32 Å². The Kier molecular flexibility index (Phi) is 6.67. The predicted molar refractivity (Wildman–Crippen MR) is 101 cm³/mol. The van der Waals surface area contributed by atoms with Gasteiger partial charge >= 0.3 is 0 Å². The highest BCUT2D eigenvalue weighted by Crippen LogP contribution is 2.20. The lowest BCUT2D eigenvalue weighted by Gasteiger charge is -2.34. The first-order valence-electron chi connectivity index (χ1n) is 9.94. The first-order chi connectivity index (χ1) is 12.5. The second kappa shape index (κ2) is 8.97. The first kappa shape index (κ1) is 19.3. The highest BCUT2D eigenvalue weighted by molar-refractivity contribution is 5.92. The summed E-state index contributed by atoms with van der Waals surface area (Å²) < 4.78 is 1.95. The summed E-state index contributed by atoms with van der Waals surface area (Å²) in [6.45, 7) is 7.36. The lowest BCUT2D eigenvalue weighted by atomic mass is 9.96. The zero-order valence-corrected chi connectivity index (χ0v) is 16.1. The molecule has 0 aliphatic carbocycles. The number of nitrogens with zero attached hydrogens (tertiary/aromatic N) is 4. The standard InChI is InChI=1S/C19H33N5O2/c1-15(25)13-23-9-5-16(6-10-23)14-22(2)19(26)18-7-11-24(21-18)17-4-3-8-20-12-17/h7,11,15-17,20,25H,3-6,8-10,12-14H2,1-2H3. The first-order valence-corrected chi connectivity index (χ1v) is 9.94. The summed E-state index contributed by atoms with van der Waals surface area (Å²) in [6, 6.07) is 2.20. The number of likely N-dealkylation sites (tertiary alicyclic amines) is 1. The van der Waals surface area contributed by atoms with E-state index >= 15 is 0 Å². The van der Waals surface area contributed by atoms with Crippen molar-refractivity contribution in [1.82, 2.24) is 24.9 Å². The van der Waals surface area contributed by atoms with E-state index in [0.717, 1.165) is 65.0 Å². The van der Waals surface area contributed by atoms with Crippen molar-refractivity contribution >= 4 is 5.91 Å². The van der Waals surface area contributed by atoms with Gasteiger partial charge < -0.3 is 20.2 Å². The smallest absolute Gasteiger partial charge is 0.274 e. The fourth-order valence-corrected chi connectivity index (χ4v) is 4.11. The molecule has 2 saturated heterocycles. The average Bonchev–Trinajstić information content (AvgIpc) is 3.13. The molecule has 2 N–H and O–H groups in total. The summed E-state index contributed by atoms with van der Waals surface area (Å²) in [5.74, 6) is 0.540. The Morgan fingerprint density at radius 3 is 2.85 bits per heavy atom. The molecule has 146 valence electrons. The van der Waals surface area contributed by atoms with E-state index in [9.17, 15) is 9.90 Å². The number of nitrogens with one attached hydrogen (secondary N) is 1. The Balaban J connectivity index is 1.48. The number of hydrogen-bond donors (Lipinski definition) is 2.